The number of aromatic nitrogens is 2. The summed E-state index contributed by atoms with van der Waals surface area (Å²) in [5.41, 5.74) is 5.93. The lowest BCUT2D eigenvalue weighted by Crippen LogP contribution is -2.42. The van der Waals surface area contributed by atoms with Gasteiger partial charge in [-0.15, -0.1) is 0 Å². The van der Waals surface area contributed by atoms with Crippen molar-refractivity contribution in [1.29, 1.82) is 0 Å². The number of nitrogens with zero attached hydrogens (tertiary/aromatic N) is 2. The van der Waals surface area contributed by atoms with Gasteiger partial charge in [0.1, 0.15) is 5.75 Å². The van der Waals surface area contributed by atoms with Crippen LogP contribution in [0.25, 0.3) is 11.3 Å². The smallest absolute Gasteiger partial charge is 0.125 e. The highest BCUT2D eigenvalue weighted by Gasteiger charge is 2.53. The Bertz CT molecular complexity index is 872. The van der Waals surface area contributed by atoms with Gasteiger partial charge in [0.15, 0.2) is 0 Å². The van der Waals surface area contributed by atoms with Crippen LogP contribution in [-0.2, 0) is 6.42 Å². The summed E-state index contributed by atoms with van der Waals surface area (Å²) in [6.45, 7) is 2.38. The molecule has 0 saturated heterocycles. The van der Waals surface area contributed by atoms with Gasteiger partial charge in [-0.25, -0.2) is 0 Å². The monoisotopic (exact) mass is 350 g/mol. The van der Waals surface area contributed by atoms with Crippen LogP contribution in [0.4, 0.5) is 0 Å². The number of hydrogen-bond donors (Lipinski definition) is 3. The third-order valence-corrected chi connectivity index (χ3v) is 7.53. The van der Waals surface area contributed by atoms with Crippen molar-refractivity contribution in [3.8, 4) is 17.0 Å². The van der Waals surface area contributed by atoms with Crippen LogP contribution in [0.2, 0.25) is 0 Å². The summed E-state index contributed by atoms with van der Waals surface area (Å²) in [5.74, 6) is 8.02. The van der Waals surface area contributed by atoms with Gasteiger partial charge in [0, 0.05) is 22.9 Å². The lowest BCUT2D eigenvalue weighted by Gasteiger charge is -2.49. The van der Waals surface area contributed by atoms with Gasteiger partial charge < -0.3 is 10.9 Å². The lowest BCUT2D eigenvalue weighted by atomic mass is 9.55. The van der Waals surface area contributed by atoms with E-state index in [4.69, 9.17) is 5.84 Å². The Labute approximate surface area is 153 Å². The van der Waals surface area contributed by atoms with Gasteiger partial charge in [0.05, 0.1) is 5.69 Å². The summed E-state index contributed by atoms with van der Waals surface area (Å²) in [6.07, 6.45) is 8.60. The van der Waals surface area contributed by atoms with Crippen molar-refractivity contribution in [3.63, 3.8) is 0 Å². The van der Waals surface area contributed by atoms with E-state index in [1.165, 1.54) is 36.1 Å². The number of rotatable bonds is 1. The van der Waals surface area contributed by atoms with Crippen molar-refractivity contribution in [2.24, 2.45) is 28.2 Å². The van der Waals surface area contributed by atoms with E-state index in [9.17, 15) is 5.11 Å². The second-order valence-corrected chi connectivity index (χ2v) is 8.52. The molecule has 3 aliphatic carbocycles. The van der Waals surface area contributed by atoms with Crippen LogP contribution >= 0.6 is 0 Å². The molecule has 0 aliphatic heterocycles. The molecule has 5 rings (SSSR count). The molecule has 1 aromatic heterocycles. The first-order valence-electron chi connectivity index (χ1n) is 9.74. The van der Waals surface area contributed by atoms with Crippen molar-refractivity contribution < 1.29 is 5.11 Å². The number of aromatic hydroxyl groups is 1. The average Bonchev–Trinajstić information content (AvgIpc) is 3.27. The van der Waals surface area contributed by atoms with E-state index in [1.807, 2.05) is 12.1 Å². The van der Waals surface area contributed by atoms with Crippen LogP contribution in [0.15, 0.2) is 29.5 Å². The highest BCUT2D eigenvalue weighted by Crippen LogP contribution is 2.60. The molecule has 136 valence electrons. The van der Waals surface area contributed by atoms with Gasteiger partial charge in [0.25, 0.3) is 0 Å². The third kappa shape index (κ3) is 2.09. The minimum absolute atomic E-state index is 0.191. The van der Waals surface area contributed by atoms with Crippen molar-refractivity contribution in [2.45, 2.75) is 51.4 Å². The van der Waals surface area contributed by atoms with Crippen molar-refractivity contribution in [2.75, 3.05) is 0 Å². The van der Waals surface area contributed by atoms with E-state index in [0.29, 0.717) is 23.5 Å². The number of phenols is 1. The summed E-state index contributed by atoms with van der Waals surface area (Å²) in [4.78, 5) is 0. The Hall–Kier alpha value is -2.30. The maximum absolute atomic E-state index is 10.5. The Balaban J connectivity index is 1.56. The van der Waals surface area contributed by atoms with E-state index in [0.717, 1.165) is 30.5 Å². The maximum atomic E-state index is 10.5. The van der Waals surface area contributed by atoms with E-state index in [1.54, 1.807) is 6.20 Å². The Morgan fingerprint density at radius 1 is 1.27 bits per heavy atom. The number of aromatic amines is 1. The fourth-order valence-corrected chi connectivity index (χ4v) is 6.23. The molecule has 2 fully saturated rings. The minimum Gasteiger partial charge on any atom is -0.507 e. The minimum atomic E-state index is 0.191. The Morgan fingerprint density at radius 3 is 2.92 bits per heavy atom. The molecular weight excluding hydrogens is 324 g/mol. The van der Waals surface area contributed by atoms with E-state index in [-0.39, 0.29) is 5.41 Å². The SMILES string of the molecule is C[C@@]12CC[C@@H]3c4cc(-c5ccn[nH]5)c(O)cc4CC[C@H]3[C@@H]1CCC2=NN. The largest absolute Gasteiger partial charge is 0.507 e. The molecule has 0 unspecified atom stereocenters. The molecule has 1 aromatic carbocycles. The predicted octanol–water partition coefficient (Wildman–Crippen LogP) is 3.95. The molecule has 4 N–H and O–H groups in total. The molecule has 26 heavy (non-hydrogen) atoms. The van der Waals surface area contributed by atoms with Crippen LogP contribution in [0.1, 0.15) is 56.1 Å². The molecule has 1 heterocycles. The summed E-state index contributed by atoms with van der Waals surface area (Å²) >= 11 is 0. The maximum Gasteiger partial charge on any atom is 0.125 e. The van der Waals surface area contributed by atoms with Crippen LogP contribution in [-0.4, -0.2) is 21.0 Å². The summed E-state index contributed by atoms with van der Waals surface area (Å²) < 4.78 is 0. The molecule has 0 amide bonds. The van der Waals surface area contributed by atoms with Gasteiger partial charge in [-0.05, 0) is 85.6 Å². The fraction of sp³-hybridized carbons (Fsp3) is 0.524. The number of nitrogens with two attached hydrogens (primary N) is 1. The number of aryl methyl sites for hydroxylation is 1. The Kier molecular flexibility index (Phi) is 3.43. The predicted molar refractivity (Wildman–Crippen MR) is 102 cm³/mol. The highest BCUT2D eigenvalue weighted by atomic mass is 16.3. The van der Waals surface area contributed by atoms with E-state index in [2.05, 4.69) is 28.3 Å². The molecule has 4 atom stereocenters. The van der Waals surface area contributed by atoms with E-state index < -0.39 is 0 Å². The fourth-order valence-electron chi connectivity index (χ4n) is 6.23. The molecule has 2 aromatic rings. The standard InChI is InChI=1S/C21H26N4O/c1-21-8-6-13-14(17(21)4-5-20(21)24-22)3-2-12-10-19(26)16(11-15(12)13)18-7-9-23-25-18/h7,9-11,13-14,17,26H,2-6,8,22H2,1H3,(H,23,25)/t13-,14+,17-,21+/m0/s1. The number of phenolic OH excluding ortho intramolecular Hbond substituents is 1. The highest BCUT2D eigenvalue weighted by molar-refractivity contribution is 5.92. The first-order valence-corrected chi connectivity index (χ1v) is 9.74. The van der Waals surface area contributed by atoms with Gasteiger partial charge >= 0.3 is 0 Å². The average molecular weight is 350 g/mol. The molecule has 0 spiro atoms. The van der Waals surface area contributed by atoms with Crippen LogP contribution in [0.5, 0.6) is 5.75 Å². The number of fused-ring (bicyclic) bond motifs is 5. The summed E-state index contributed by atoms with van der Waals surface area (Å²) in [7, 11) is 0. The molecule has 2 saturated carbocycles. The normalized spacial score (nSPS) is 34.3. The lowest BCUT2D eigenvalue weighted by molar-refractivity contribution is 0.0955. The molecule has 0 bridgehead atoms. The summed E-state index contributed by atoms with van der Waals surface area (Å²) in [6, 6.07) is 6.11. The second-order valence-electron chi connectivity index (χ2n) is 8.52. The van der Waals surface area contributed by atoms with Crippen molar-refractivity contribution >= 4 is 5.71 Å². The number of benzene rings is 1. The van der Waals surface area contributed by atoms with Gasteiger partial charge in [-0.1, -0.05) is 6.92 Å². The zero-order valence-electron chi connectivity index (χ0n) is 15.2. The zero-order valence-corrected chi connectivity index (χ0v) is 15.2. The van der Waals surface area contributed by atoms with Crippen molar-refractivity contribution in [1.82, 2.24) is 10.2 Å². The second kappa shape index (κ2) is 5.60. The summed E-state index contributed by atoms with van der Waals surface area (Å²) in [5, 5.41) is 21.7. The number of hydrazone groups is 1. The zero-order chi connectivity index (χ0) is 17.9. The Morgan fingerprint density at radius 2 is 2.15 bits per heavy atom. The first-order chi connectivity index (χ1) is 12.6. The quantitative estimate of drug-likeness (QED) is 0.537. The van der Waals surface area contributed by atoms with Gasteiger partial charge in [-0.2, -0.15) is 10.2 Å². The first kappa shape index (κ1) is 15.9. The molecule has 5 nitrogen and oxygen atoms in total. The molecule has 3 aliphatic rings. The van der Waals surface area contributed by atoms with Crippen LogP contribution in [0, 0.1) is 17.3 Å². The van der Waals surface area contributed by atoms with Gasteiger partial charge in [-0.3, -0.25) is 5.10 Å². The van der Waals surface area contributed by atoms with E-state index >= 15 is 0 Å². The number of H-pyrrole nitrogens is 1. The van der Waals surface area contributed by atoms with Crippen LogP contribution in [0.3, 0.4) is 0 Å². The number of hydrogen-bond acceptors (Lipinski definition) is 4. The molecule has 0 radical (unpaired) electrons. The van der Waals surface area contributed by atoms with Crippen LogP contribution < -0.4 is 5.84 Å². The number of nitrogens with one attached hydrogen (secondary N) is 1. The molecular formula is C21H26N4O. The van der Waals surface area contributed by atoms with Crippen molar-refractivity contribution in [3.05, 3.63) is 35.5 Å². The molecule has 5 heteroatoms. The van der Waals surface area contributed by atoms with Gasteiger partial charge in [0.2, 0.25) is 0 Å². The topological polar surface area (TPSA) is 87.3 Å². The third-order valence-electron chi connectivity index (χ3n) is 7.53.